The van der Waals surface area contributed by atoms with Crippen LogP contribution in [0.5, 0.6) is 11.5 Å². The predicted octanol–water partition coefficient (Wildman–Crippen LogP) is 2.04. The van der Waals surface area contributed by atoms with E-state index >= 15 is 0 Å². The quantitative estimate of drug-likeness (QED) is 0.488. The van der Waals surface area contributed by atoms with E-state index in [1.165, 1.54) is 6.21 Å². The van der Waals surface area contributed by atoms with Crippen LogP contribution in [0.2, 0.25) is 5.02 Å². The van der Waals surface area contributed by atoms with Gasteiger partial charge in [0, 0.05) is 0 Å². The number of ether oxygens (including phenoxy) is 2. The molecule has 2 N–H and O–H groups in total. The van der Waals surface area contributed by atoms with Gasteiger partial charge in [-0.15, -0.1) is 0 Å². The molecule has 0 unspecified atom stereocenters. The van der Waals surface area contributed by atoms with Crippen molar-refractivity contribution in [2.45, 2.75) is 6.92 Å². The van der Waals surface area contributed by atoms with Gasteiger partial charge < -0.3 is 15.3 Å². The molecule has 15 heavy (non-hydrogen) atoms. The van der Waals surface area contributed by atoms with Crippen LogP contribution in [-0.2, 0) is 0 Å². The molecule has 0 amide bonds. The van der Waals surface area contributed by atoms with Crippen molar-refractivity contribution in [3.8, 4) is 11.5 Å². The topological polar surface area (TPSA) is 56.8 Å². The Morgan fingerprint density at radius 3 is 2.80 bits per heavy atom. The summed E-state index contributed by atoms with van der Waals surface area (Å²) in [4.78, 5) is 0. The largest absolute Gasteiger partial charge is 0.493 e. The molecule has 0 saturated carbocycles. The molecule has 0 heterocycles. The molecule has 0 aliphatic carbocycles. The van der Waals surface area contributed by atoms with Crippen molar-refractivity contribution >= 4 is 17.8 Å². The van der Waals surface area contributed by atoms with Crippen LogP contribution < -0.4 is 15.3 Å². The van der Waals surface area contributed by atoms with Crippen molar-refractivity contribution in [3.05, 3.63) is 22.7 Å². The molecule has 82 valence electrons. The fraction of sp³-hybridized carbons (Fsp3) is 0.300. The number of hydrazone groups is 1. The van der Waals surface area contributed by atoms with E-state index in [4.69, 9.17) is 26.9 Å². The standard InChI is InChI=1S/C10H13ClN2O2/c1-3-15-10-8(11)4-7(6-13-12)5-9(10)14-2/h4-6H,3,12H2,1-2H3. The first kappa shape index (κ1) is 11.7. The summed E-state index contributed by atoms with van der Waals surface area (Å²) in [6.07, 6.45) is 1.49. The zero-order valence-electron chi connectivity index (χ0n) is 8.66. The third-order valence-electron chi connectivity index (χ3n) is 1.76. The van der Waals surface area contributed by atoms with Gasteiger partial charge in [-0.1, -0.05) is 11.6 Å². The van der Waals surface area contributed by atoms with Crippen molar-refractivity contribution in [3.63, 3.8) is 0 Å². The normalized spacial score (nSPS) is 10.6. The molecule has 1 rings (SSSR count). The lowest BCUT2D eigenvalue weighted by Gasteiger charge is -2.11. The molecule has 5 heteroatoms. The lowest BCUT2D eigenvalue weighted by molar-refractivity contribution is 0.311. The fourth-order valence-corrected chi connectivity index (χ4v) is 1.46. The van der Waals surface area contributed by atoms with Crippen molar-refractivity contribution in [1.29, 1.82) is 0 Å². The van der Waals surface area contributed by atoms with Gasteiger partial charge >= 0.3 is 0 Å². The Morgan fingerprint density at radius 1 is 1.53 bits per heavy atom. The monoisotopic (exact) mass is 228 g/mol. The van der Waals surface area contributed by atoms with Crippen molar-refractivity contribution in [2.75, 3.05) is 13.7 Å². The molecule has 0 aliphatic rings. The molecule has 0 radical (unpaired) electrons. The molecule has 0 bridgehead atoms. The summed E-state index contributed by atoms with van der Waals surface area (Å²) in [5.41, 5.74) is 0.766. The molecule has 0 aliphatic heterocycles. The average molecular weight is 229 g/mol. The average Bonchev–Trinajstić information content (AvgIpc) is 2.22. The molecule has 0 spiro atoms. The zero-order valence-corrected chi connectivity index (χ0v) is 9.41. The molecule has 1 aromatic carbocycles. The van der Waals surface area contributed by atoms with E-state index in [1.807, 2.05) is 6.92 Å². The summed E-state index contributed by atoms with van der Waals surface area (Å²) < 4.78 is 10.5. The number of nitrogens with two attached hydrogens (primary N) is 1. The Labute approximate surface area is 93.6 Å². The third-order valence-corrected chi connectivity index (χ3v) is 2.04. The highest BCUT2D eigenvalue weighted by molar-refractivity contribution is 6.32. The van der Waals surface area contributed by atoms with Gasteiger partial charge in [0.15, 0.2) is 11.5 Å². The van der Waals surface area contributed by atoms with Crippen molar-refractivity contribution in [2.24, 2.45) is 10.9 Å². The van der Waals surface area contributed by atoms with E-state index < -0.39 is 0 Å². The zero-order chi connectivity index (χ0) is 11.3. The molecular weight excluding hydrogens is 216 g/mol. The maximum absolute atomic E-state index is 6.02. The van der Waals surface area contributed by atoms with E-state index in [-0.39, 0.29) is 0 Å². The number of halogens is 1. The van der Waals surface area contributed by atoms with E-state index in [2.05, 4.69) is 5.10 Å². The van der Waals surface area contributed by atoms with Gasteiger partial charge in [0.1, 0.15) is 0 Å². The van der Waals surface area contributed by atoms with E-state index in [1.54, 1.807) is 19.2 Å². The molecular formula is C10H13ClN2O2. The molecule has 0 atom stereocenters. The summed E-state index contributed by atoms with van der Waals surface area (Å²) in [5.74, 6) is 6.16. The number of rotatable bonds is 4. The number of hydrogen-bond donors (Lipinski definition) is 1. The molecule has 0 fully saturated rings. The van der Waals surface area contributed by atoms with Gasteiger partial charge in [0.2, 0.25) is 0 Å². The van der Waals surface area contributed by atoms with E-state index in [9.17, 15) is 0 Å². The van der Waals surface area contributed by atoms with Crippen LogP contribution in [-0.4, -0.2) is 19.9 Å². The second kappa shape index (κ2) is 5.46. The van der Waals surface area contributed by atoms with Gasteiger partial charge in [-0.2, -0.15) is 5.10 Å². The number of benzene rings is 1. The first-order valence-corrected chi connectivity index (χ1v) is 4.84. The smallest absolute Gasteiger partial charge is 0.179 e. The van der Waals surface area contributed by atoms with Gasteiger partial charge in [0.05, 0.1) is 25.0 Å². The minimum absolute atomic E-state index is 0.478. The molecule has 0 aromatic heterocycles. The summed E-state index contributed by atoms with van der Waals surface area (Å²) in [6, 6.07) is 3.47. The summed E-state index contributed by atoms with van der Waals surface area (Å²) >= 11 is 6.02. The van der Waals surface area contributed by atoms with Gasteiger partial charge in [-0.3, -0.25) is 0 Å². The Kier molecular flexibility index (Phi) is 4.24. The predicted molar refractivity (Wildman–Crippen MR) is 61.0 cm³/mol. The summed E-state index contributed by atoms with van der Waals surface area (Å²) in [5, 5.41) is 3.90. The first-order chi connectivity index (χ1) is 7.22. The van der Waals surface area contributed by atoms with E-state index in [0.717, 1.165) is 5.56 Å². The van der Waals surface area contributed by atoms with Crippen molar-refractivity contribution in [1.82, 2.24) is 0 Å². The Morgan fingerprint density at radius 2 is 2.27 bits per heavy atom. The Hall–Kier alpha value is -1.42. The highest BCUT2D eigenvalue weighted by Gasteiger charge is 2.10. The van der Waals surface area contributed by atoms with Crippen molar-refractivity contribution < 1.29 is 9.47 Å². The highest BCUT2D eigenvalue weighted by atomic mass is 35.5. The van der Waals surface area contributed by atoms with Gasteiger partial charge in [-0.05, 0) is 24.6 Å². The lowest BCUT2D eigenvalue weighted by Crippen LogP contribution is -1.98. The maximum atomic E-state index is 6.02. The van der Waals surface area contributed by atoms with Crippen LogP contribution in [0.4, 0.5) is 0 Å². The molecule has 1 aromatic rings. The minimum Gasteiger partial charge on any atom is -0.493 e. The first-order valence-electron chi connectivity index (χ1n) is 4.46. The van der Waals surface area contributed by atoms with Gasteiger partial charge in [0.25, 0.3) is 0 Å². The maximum Gasteiger partial charge on any atom is 0.179 e. The van der Waals surface area contributed by atoms with E-state index in [0.29, 0.717) is 23.1 Å². The molecule has 4 nitrogen and oxygen atoms in total. The second-order valence-electron chi connectivity index (χ2n) is 2.75. The van der Waals surface area contributed by atoms with Gasteiger partial charge in [-0.25, -0.2) is 0 Å². The number of hydrogen-bond acceptors (Lipinski definition) is 4. The third kappa shape index (κ3) is 2.76. The van der Waals surface area contributed by atoms with Crippen LogP contribution in [0.15, 0.2) is 17.2 Å². The summed E-state index contributed by atoms with van der Waals surface area (Å²) in [6.45, 7) is 2.41. The Bertz CT molecular complexity index is 367. The SMILES string of the molecule is CCOc1c(Cl)cc(C=NN)cc1OC. The summed E-state index contributed by atoms with van der Waals surface area (Å²) in [7, 11) is 1.55. The highest BCUT2D eigenvalue weighted by Crippen LogP contribution is 2.35. The Balaban J connectivity index is 3.17. The van der Waals surface area contributed by atoms with Crippen LogP contribution in [0.3, 0.4) is 0 Å². The number of nitrogens with zero attached hydrogens (tertiary/aromatic N) is 1. The van der Waals surface area contributed by atoms with Crippen LogP contribution >= 0.6 is 11.6 Å². The van der Waals surface area contributed by atoms with Crippen LogP contribution in [0.25, 0.3) is 0 Å². The fourth-order valence-electron chi connectivity index (χ4n) is 1.18. The second-order valence-corrected chi connectivity index (χ2v) is 3.15. The molecule has 0 saturated heterocycles. The number of methoxy groups -OCH3 is 1. The van der Waals surface area contributed by atoms with Crippen LogP contribution in [0, 0.1) is 0 Å². The minimum atomic E-state index is 0.478. The lowest BCUT2D eigenvalue weighted by atomic mass is 10.2. The van der Waals surface area contributed by atoms with Crippen LogP contribution in [0.1, 0.15) is 12.5 Å².